The molecule has 0 aromatic heterocycles. The van der Waals surface area contributed by atoms with Crippen molar-refractivity contribution in [2.75, 3.05) is 27.4 Å². The van der Waals surface area contributed by atoms with E-state index in [0.29, 0.717) is 23.3 Å². The molecule has 1 aromatic rings. The Morgan fingerprint density at radius 3 is 2.39 bits per heavy atom. The Hall–Kier alpha value is -2.93. The zero-order valence-corrected chi connectivity index (χ0v) is 18.6. The van der Waals surface area contributed by atoms with Gasteiger partial charge in [0.15, 0.2) is 5.78 Å². The quantitative estimate of drug-likeness (QED) is 0.424. The van der Waals surface area contributed by atoms with Crippen molar-refractivity contribution in [3.63, 3.8) is 0 Å². The first kappa shape index (κ1) is 22.7. The van der Waals surface area contributed by atoms with Crippen molar-refractivity contribution in [1.29, 1.82) is 0 Å². The number of esters is 2. The lowest BCUT2D eigenvalue weighted by Crippen LogP contribution is -2.43. The summed E-state index contributed by atoms with van der Waals surface area (Å²) in [6.45, 7) is 6.02. The molecule has 31 heavy (non-hydrogen) atoms. The summed E-state index contributed by atoms with van der Waals surface area (Å²) in [7, 11) is 2.81. The van der Waals surface area contributed by atoms with E-state index in [1.54, 1.807) is 6.92 Å². The molecule has 1 heterocycles. The summed E-state index contributed by atoms with van der Waals surface area (Å²) in [6.07, 6.45) is 0.506. The van der Waals surface area contributed by atoms with E-state index in [4.69, 9.17) is 14.2 Å². The number of aryl methyl sites for hydroxylation is 1. The highest BCUT2D eigenvalue weighted by Gasteiger charge is 2.47. The lowest BCUT2D eigenvalue weighted by molar-refractivity contribution is -0.151. The smallest absolute Gasteiger partial charge is 0.336 e. The molecule has 7 heteroatoms. The number of hydrogen-bond acceptors (Lipinski definition) is 7. The van der Waals surface area contributed by atoms with Crippen molar-refractivity contribution in [3.8, 4) is 0 Å². The molecule has 1 aromatic carbocycles. The summed E-state index contributed by atoms with van der Waals surface area (Å²) < 4.78 is 15.3. The predicted octanol–water partition coefficient (Wildman–Crippen LogP) is 2.80. The van der Waals surface area contributed by atoms with Gasteiger partial charge >= 0.3 is 11.9 Å². The minimum absolute atomic E-state index is 0.106. The minimum atomic E-state index is -0.900. The van der Waals surface area contributed by atoms with E-state index >= 15 is 0 Å². The maximum absolute atomic E-state index is 13.6. The highest BCUT2D eigenvalue weighted by Crippen LogP contribution is 2.45. The van der Waals surface area contributed by atoms with Crippen molar-refractivity contribution < 1.29 is 28.6 Å². The number of methoxy groups -OCH3 is 2. The number of carbonyl (C=O) groups excluding carboxylic acids is 3. The average Bonchev–Trinajstić information content (AvgIpc) is 2.73. The van der Waals surface area contributed by atoms with Gasteiger partial charge in [-0.3, -0.25) is 9.59 Å². The van der Waals surface area contributed by atoms with E-state index in [2.05, 4.69) is 5.32 Å². The molecular formula is C24H29NO6. The number of dihydropyridines is 1. The largest absolute Gasteiger partial charge is 0.468 e. The van der Waals surface area contributed by atoms with Crippen LogP contribution in [-0.4, -0.2) is 45.2 Å². The fourth-order valence-electron chi connectivity index (χ4n) is 4.34. The normalized spacial score (nSPS) is 23.3. The summed E-state index contributed by atoms with van der Waals surface area (Å²) in [5, 5.41) is 3.24. The molecule has 3 atom stereocenters. The molecule has 3 unspecified atom stereocenters. The summed E-state index contributed by atoms with van der Waals surface area (Å²) >= 11 is 0. The van der Waals surface area contributed by atoms with Gasteiger partial charge in [-0.25, -0.2) is 4.79 Å². The number of ether oxygens (including phenoxy) is 3. The van der Waals surface area contributed by atoms with Crippen LogP contribution in [0.15, 0.2) is 46.8 Å². The topological polar surface area (TPSA) is 90.9 Å². The highest BCUT2D eigenvalue weighted by atomic mass is 16.6. The highest BCUT2D eigenvalue weighted by molar-refractivity contribution is 6.12. The Balaban J connectivity index is 2.11. The number of nitrogens with one attached hydrogen (secondary N) is 1. The van der Waals surface area contributed by atoms with Gasteiger partial charge in [-0.05, 0) is 31.7 Å². The van der Waals surface area contributed by atoms with E-state index in [-0.39, 0.29) is 24.9 Å². The fraction of sp³-hybridized carbons (Fsp3) is 0.458. The molecule has 0 spiro atoms. The second-order valence-electron chi connectivity index (χ2n) is 8.07. The second kappa shape index (κ2) is 9.47. The van der Waals surface area contributed by atoms with Crippen LogP contribution in [0.2, 0.25) is 0 Å². The van der Waals surface area contributed by atoms with E-state index in [9.17, 15) is 14.4 Å². The van der Waals surface area contributed by atoms with E-state index in [1.807, 2.05) is 38.1 Å². The zero-order chi connectivity index (χ0) is 22.7. The van der Waals surface area contributed by atoms with Crippen LogP contribution < -0.4 is 5.32 Å². The van der Waals surface area contributed by atoms with Crippen LogP contribution in [0.3, 0.4) is 0 Å². The SMILES string of the molecule is COCCOC(=O)C1=C(C)NC2=C(C(=O)C(C(=O)OC)C(C)C2)C1c1ccc(C)cc1. The molecule has 1 aliphatic heterocycles. The Morgan fingerprint density at radius 1 is 1.10 bits per heavy atom. The first-order valence-corrected chi connectivity index (χ1v) is 10.4. The predicted molar refractivity (Wildman–Crippen MR) is 114 cm³/mol. The van der Waals surface area contributed by atoms with Gasteiger partial charge < -0.3 is 19.5 Å². The molecule has 0 radical (unpaired) electrons. The molecule has 0 saturated carbocycles. The number of Topliss-reactive ketones (excluding diaryl/α,β-unsaturated/α-hetero) is 1. The van der Waals surface area contributed by atoms with Crippen LogP contribution in [0.25, 0.3) is 0 Å². The molecule has 0 saturated heterocycles. The van der Waals surface area contributed by atoms with Crippen LogP contribution in [0, 0.1) is 18.8 Å². The number of carbonyl (C=O) groups is 3. The molecular weight excluding hydrogens is 398 g/mol. The Kier molecular flexibility index (Phi) is 6.95. The van der Waals surface area contributed by atoms with Gasteiger partial charge in [0.2, 0.25) is 0 Å². The lowest BCUT2D eigenvalue weighted by Gasteiger charge is -2.38. The standard InChI is InChI=1S/C24H29NO6/c1-13-6-8-16(9-7-13)20-19(24(28)31-11-10-29-4)15(3)25-17-12-14(2)18(23(27)30-5)22(26)21(17)20/h6-9,14,18,20,25H,10-12H2,1-5H3. The van der Waals surface area contributed by atoms with Gasteiger partial charge in [0.1, 0.15) is 12.5 Å². The third-order valence-electron chi connectivity index (χ3n) is 5.89. The molecule has 3 rings (SSSR count). The third kappa shape index (κ3) is 4.42. The summed E-state index contributed by atoms with van der Waals surface area (Å²) in [5.41, 5.74) is 4.04. The zero-order valence-electron chi connectivity index (χ0n) is 18.6. The molecule has 0 bridgehead atoms. The molecule has 7 nitrogen and oxygen atoms in total. The summed E-state index contributed by atoms with van der Waals surface area (Å²) in [5.74, 6) is -3.12. The molecule has 166 valence electrons. The summed E-state index contributed by atoms with van der Waals surface area (Å²) in [4.78, 5) is 39.0. The number of hydrogen-bond donors (Lipinski definition) is 1. The maximum Gasteiger partial charge on any atom is 0.336 e. The Morgan fingerprint density at radius 2 is 1.77 bits per heavy atom. The molecule has 2 aliphatic rings. The third-order valence-corrected chi connectivity index (χ3v) is 5.89. The van der Waals surface area contributed by atoms with E-state index < -0.39 is 23.8 Å². The molecule has 0 amide bonds. The lowest BCUT2D eigenvalue weighted by atomic mass is 9.69. The van der Waals surface area contributed by atoms with Gasteiger partial charge in [-0.1, -0.05) is 36.8 Å². The van der Waals surface area contributed by atoms with Gasteiger partial charge in [-0.2, -0.15) is 0 Å². The van der Waals surface area contributed by atoms with Crippen molar-refractivity contribution in [2.45, 2.75) is 33.1 Å². The van der Waals surface area contributed by atoms with Crippen LogP contribution in [0.4, 0.5) is 0 Å². The number of ketones is 1. The van der Waals surface area contributed by atoms with Gasteiger partial charge in [0.25, 0.3) is 0 Å². The van der Waals surface area contributed by atoms with Crippen LogP contribution in [0.5, 0.6) is 0 Å². The number of allylic oxidation sites excluding steroid dienone is 3. The van der Waals surface area contributed by atoms with Crippen molar-refractivity contribution in [1.82, 2.24) is 5.32 Å². The molecule has 1 aliphatic carbocycles. The number of rotatable bonds is 6. The maximum atomic E-state index is 13.6. The summed E-state index contributed by atoms with van der Waals surface area (Å²) in [6, 6.07) is 7.69. The van der Waals surface area contributed by atoms with Gasteiger partial charge in [0.05, 0.1) is 19.3 Å². The second-order valence-corrected chi connectivity index (χ2v) is 8.07. The molecule has 1 N–H and O–H groups in total. The first-order chi connectivity index (χ1) is 14.8. The average molecular weight is 427 g/mol. The van der Waals surface area contributed by atoms with E-state index in [1.165, 1.54) is 14.2 Å². The fourth-order valence-corrected chi connectivity index (χ4v) is 4.34. The number of benzene rings is 1. The van der Waals surface area contributed by atoms with Crippen LogP contribution in [-0.2, 0) is 28.6 Å². The van der Waals surface area contributed by atoms with Gasteiger partial charge in [-0.15, -0.1) is 0 Å². The van der Waals surface area contributed by atoms with Gasteiger partial charge in [0, 0.05) is 30.0 Å². The van der Waals surface area contributed by atoms with Crippen LogP contribution >= 0.6 is 0 Å². The monoisotopic (exact) mass is 427 g/mol. The first-order valence-electron chi connectivity index (χ1n) is 10.4. The van der Waals surface area contributed by atoms with Crippen molar-refractivity contribution in [2.24, 2.45) is 11.8 Å². The van der Waals surface area contributed by atoms with Crippen molar-refractivity contribution in [3.05, 3.63) is 57.9 Å². The van der Waals surface area contributed by atoms with E-state index in [0.717, 1.165) is 16.8 Å². The Bertz CT molecular complexity index is 943. The molecule has 0 fully saturated rings. The Labute approximate surface area is 182 Å². The van der Waals surface area contributed by atoms with Crippen molar-refractivity contribution >= 4 is 17.7 Å². The minimum Gasteiger partial charge on any atom is -0.468 e. The van der Waals surface area contributed by atoms with Crippen LogP contribution in [0.1, 0.15) is 37.3 Å².